The highest BCUT2D eigenvalue weighted by molar-refractivity contribution is 6.15. The van der Waals surface area contributed by atoms with E-state index < -0.39 is 0 Å². The molecule has 1 unspecified atom stereocenters. The molecule has 2 aromatic carbocycles. The molecule has 0 bridgehead atoms. The summed E-state index contributed by atoms with van der Waals surface area (Å²) in [4.78, 5) is 25.8. The molecule has 36 heavy (non-hydrogen) atoms. The van der Waals surface area contributed by atoms with Gasteiger partial charge in [0, 0.05) is 41.0 Å². The first-order chi connectivity index (χ1) is 17.4. The molecule has 9 heteroatoms. The van der Waals surface area contributed by atoms with Gasteiger partial charge in [-0.25, -0.2) is 0 Å². The summed E-state index contributed by atoms with van der Waals surface area (Å²) in [5.41, 5.74) is 2.50. The number of allylic oxidation sites excluding steroid dienone is 1. The number of Topliss-reactive ketones (excluding diaryl/α,β-unsaturated/α-hetero) is 1. The average Bonchev–Trinajstić information content (AvgIpc) is 3.48. The van der Waals surface area contributed by atoms with E-state index in [1.807, 2.05) is 24.6 Å². The summed E-state index contributed by atoms with van der Waals surface area (Å²) in [6.07, 6.45) is 3.43. The fourth-order valence-corrected chi connectivity index (χ4v) is 4.70. The van der Waals surface area contributed by atoms with E-state index in [0.29, 0.717) is 45.4 Å². The van der Waals surface area contributed by atoms with Crippen LogP contribution in [0.2, 0.25) is 0 Å². The van der Waals surface area contributed by atoms with Gasteiger partial charge >= 0.3 is 5.97 Å². The SMILES string of the molecule is COc1cc(OC)c(OC)cc1/C=C1\Oc2c(ccc3c2C(c2ccnn2C(C)C)CC(=O)O3)C1=O. The summed E-state index contributed by atoms with van der Waals surface area (Å²) in [5, 5.41) is 4.43. The first kappa shape index (κ1) is 23.5. The molecule has 9 nitrogen and oxygen atoms in total. The number of esters is 1. The molecule has 0 spiro atoms. The molecule has 0 fully saturated rings. The first-order valence-corrected chi connectivity index (χ1v) is 11.5. The Hall–Kier alpha value is -4.27. The predicted molar refractivity (Wildman–Crippen MR) is 130 cm³/mol. The number of carbonyl (C=O) groups excluding carboxylic acids is 2. The minimum atomic E-state index is -0.371. The van der Waals surface area contributed by atoms with E-state index >= 15 is 0 Å². The van der Waals surface area contributed by atoms with Crippen LogP contribution in [0.25, 0.3) is 6.08 Å². The van der Waals surface area contributed by atoms with E-state index in [1.54, 1.807) is 36.5 Å². The molecule has 0 aliphatic carbocycles. The molecular formula is C27H26N2O7. The Morgan fingerprint density at radius 2 is 1.72 bits per heavy atom. The largest absolute Gasteiger partial charge is 0.496 e. The van der Waals surface area contributed by atoms with Crippen LogP contribution in [0.15, 0.2) is 42.3 Å². The van der Waals surface area contributed by atoms with E-state index in [9.17, 15) is 9.59 Å². The third-order valence-corrected chi connectivity index (χ3v) is 6.35. The third kappa shape index (κ3) is 3.77. The van der Waals surface area contributed by atoms with Crippen molar-refractivity contribution in [1.29, 1.82) is 0 Å². The summed E-state index contributed by atoms with van der Waals surface area (Å²) in [6, 6.07) is 8.64. The maximum atomic E-state index is 13.4. The summed E-state index contributed by atoms with van der Waals surface area (Å²) in [7, 11) is 4.60. The summed E-state index contributed by atoms with van der Waals surface area (Å²) >= 11 is 0. The van der Waals surface area contributed by atoms with Crippen molar-refractivity contribution >= 4 is 17.8 Å². The van der Waals surface area contributed by atoms with Gasteiger partial charge in [-0.15, -0.1) is 0 Å². The molecular weight excluding hydrogens is 464 g/mol. The number of rotatable bonds is 6. The molecule has 1 atom stereocenters. The van der Waals surface area contributed by atoms with Crippen LogP contribution < -0.4 is 23.7 Å². The van der Waals surface area contributed by atoms with Crippen molar-refractivity contribution in [3.63, 3.8) is 0 Å². The average molecular weight is 491 g/mol. The van der Waals surface area contributed by atoms with Crippen LogP contribution in [0.5, 0.6) is 28.7 Å². The lowest BCUT2D eigenvalue weighted by Gasteiger charge is -2.27. The van der Waals surface area contributed by atoms with Crippen molar-refractivity contribution in [3.05, 3.63) is 64.7 Å². The van der Waals surface area contributed by atoms with Crippen molar-refractivity contribution in [2.24, 2.45) is 0 Å². The number of nitrogens with zero attached hydrogens (tertiary/aromatic N) is 2. The first-order valence-electron chi connectivity index (χ1n) is 11.5. The number of aromatic nitrogens is 2. The molecule has 1 aromatic heterocycles. The van der Waals surface area contributed by atoms with E-state index in [2.05, 4.69) is 5.10 Å². The van der Waals surface area contributed by atoms with Gasteiger partial charge in [0.05, 0.1) is 33.3 Å². The van der Waals surface area contributed by atoms with E-state index in [1.165, 1.54) is 21.3 Å². The predicted octanol–water partition coefficient (Wildman–Crippen LogP) is 4.55. The number of ketones is 1. The zero-order valence-corrected chi connectivity index (χ0v) is 20.7. The van der Waals surface area contributed by atoms with Gasteiger partial charge in [-0.05, 0) is 44.2 Å². The number of benzene rings is 2. The summed E-state index contributed by atoms with van der Waals surface area (Å²) < 4.78 is 29.8. The standard InChI is InChI=1S/C27H26N2O7/c1-14(2)29-18(8-9-28-29)17-12-24(30)35-19-7-6-16-26(31)23(36-27(16)25(17)19)11-15-10-21(33-4)22(34-5)13-20(15)32-3/h6-11,13-14,17H,12H2,1-5H3/b23-11-. The fraction of sp³-hybridized carbons (Fsp3) is 0.296. The van der Waals surface area contributed by atoms with Gasteiger partial charge in [-0.1, -0.05) is 0 Å². The number of carbonyl (C=O) groups is 2. The molecule has 2 aliphatic rings. The smallest absolute Gasteiger partial charge is 0.312 e. The number of hydrogen-bond donors (Lipinski definition) is 0. The lowest BCUT2D eigenvalue weighted by molar-refractivity contribution is -0.135. The van der Waals surface area contributed by atoms with Crippen molar-refractivity contribution in [3.8, 4) is 28.7 Å². The lowest BCUT2D eigenvalue weighted by Crippen LogP contribution is -2.24. The number of ether oxygens (including phenoxy) is 5. The molecule has 0 radical (unpaired) electrons. The highest BCUT2D eigenvalue weighted by atomic mass is 16.5. The molecule has 186 valence electrons. The second-order valence-electron chi connectivity index (χ2n) is 8.77. The Morgan fingerprint density at radius 3 is 2.42 bits per heavy atom. The topological polar surface area (TPSA) is 98.1 Å². The highest BCUT2D eigenvalue weighted by Gasteiger charge is 2.39. The van der Waals surface area contributed by atoms with E-state index in [-0.39, 0.29) is 35.9 Å². The van der Waals surface area contributed by atoms with Crippen LogP contribution in [-0.4, -0.2) is 42.9 Å². The molecule has 0 amide bonds. The Labute approximate surface area is 208 Å². The third-order valence-electron chi connectivity index (χ3n) is 6.35. The molecule has 2 aliphatic heterocycles. The quantitative estimate of drug-likeness (QED) is 0.282. The van der Waals surface area contributed by atoms with Gasteiger partial charge in [0.25, 0.3) is 0 Å². The summed E-state index contributed by atoms with van der Waals surface area (Å²) in [5.74, 6) is 1.36. The second kappa shape index (κ2) is 9.07. The van der Waals surface area contributed by atoms with Crippen LogP contribution in [0.3, 0.4) is 0 Å². The van der Waals surface area contributed by atoms with Crippen LogP contribution in [-0.2, 0) is 4.79 Å². The van der Waals surface area contributed by atoms with Crippen LogP contribution in [0.1, 0.15) is 59.4 Å². The minimum Gasteiger partial charge on any atom is -0.496 e. The number of methoxy groups -OCH3 is 3. The maximum Gasteiger partial charge on any atom is 0.312 e. The molecule has 0 saturated carbocycles. The zero-order chi connectivity index (χ0) is 25.6. The van der Waals surface area contributed by atoms with Crippen LogP contribution >= 0.6 is 0 Å². The summed E-state index contributed by atoms with van der Waals surface area (Å²) in [6.45, 7) is 4.04. The number of hydrogen-bond acceptors (Lipinski definition) is 8. The van der Waals surface area contributed by atoms with Crippen LogP contribution in [0.4, 0.5) is 0 Å². The van der Waals surface area contributed by atoms with Crippen molar-refractivity contribution in [1.82, 2.24) is 9.78 Å². The Bertz CT molecular complexity index is 1400. The van der Waals surface area contributed by atoms with Crippen molar-refractivity contribution in [2.75, 3.05) is 21.3 Å². The van der Waals surface area contributed by atoms with Gasteiger partial charge < -0.3 is 23.7 Å². The van der Waals surface area contributed by atoms with Crippen LogP contribution in [0, 0.1) is 0 Å². The normalized spacial score (nSPS) is 17.5. The second-order valence-corrected chi connectivity index (χ2v) is 8.77. The molecule has 3 aromatic rings. The fourth-order valence-electron chi connectivity index (χ4n) is 4.70. The molecule has 0 N–H and O–H groups in total. The monoisotopic (exact) mass is 490 g/mol. The Morgan fingerprint density at radius 1 is 1.00 bits per heavy atom. The Kier molecular flexibility index (Phi) is 5.91. The lowest BCUT2D eigenvalue weighted by atomic mass is 9.87. The van der Waals surface area contributed by atoms with Gasteiger partial charge in [-0.2, -0.15) is 5.10 Å². The van der Waals surface area contributed by atoms with Gasteiger partial charge in [0.2, 0.25) is 5.78 Å². The molecule has 3 heterocycles. The zero-order valence-electron chi connectivity index (χ0n) is 20.7. The maximum absolute atomic E-state index is 13.4. The number of fused-ring (bicyclic) bond motifs is 3. The molecule has 5 rings (SSSR count). The van der Waals surface area contributed by atoms with Gasteiger partial charge in [0.1, 0.15) is 17.2 Å². The van der Waals surface area contributed by atoms with E-state index in [4.69, 9.17) is 23.7 Å². The molecule has 0 saturated heterocycles. The van der Waals surface area contributed by atoms with Crippen molar-refractivity contribution < 1.29 is 33.3 Å². The minimum absolute atomic E-state index is 0.0867. The van der Waals surface area contributed by atoms with Gasteiger partial charge in [0.15, 0.2) is 17.3 Å². The highest BCUT2D eigenvalue weighted by Crippen LogP contribution is 2.49. The van der Waals surface area contributed by atoms with Crippen molar-refractivity contribution in [2.45, 2.75) is 32.2 Å². The Balaban J connectivity index is 1.62. The van der Waals surface area contributed by atoms with E-state index in [0.717, 1.165) is 5.69 Å². The van der Waals surface area contributed by atoms with Gasteiger partial charge in [-0.3, -0.25) is 14.3 Å².